The molecule has 3 rings (SSSR count). The minimum atomic E-state index is -0.176. The molecule has 3 heteroatoms. The summed E-state index contributed by atoms with van der Waals surface area (Å²) in [5, 5.41) is 0. The van der Waals surface area contributed by atoms with Crippen molar-refractivity contribution in [2.45, 2.75) is 44.3 Å². The van der Waals surface area contributed by atoms with E-state index in [1.54, 1.807) is 0 Å². The molecular formula is C18H22O3. The van der Waals surface area contributed by atoms with Gasteiger partial charge in [-0.25, -0.2) is 0 Å². The molecule has 2 bridgehead atoms. The molecule has 0 aliphatic carbocycles. The van der Waals surface area contributed by atoms with Gasteiger partial charge in [0.05, 0.1) is 25.2 Å². The fraction of sp³-hybridized carbons (Fsp3) is 0.500. The summed E-state index contributed by atoms with van der Waals surface area (Å²) in [6.45, 7) is 5.96. The van der Waals surface area contributed by atoms with E-state index in [2.05, 4.69) is 30.8 Å². The quantitative estimate of drug-likeness (QED) is 0.797. The van der Waals surface area contributed by atoms with Gasteiger partial charge in [-0.2, -0.15) is 0 Å². The van der Waals surface area contributed by atoms with Gasteiger partial charge in [-0.3, -0.25) is 4.79 Å². The minimum absolute atomic E-state index is 0.0158. The summed E-state index contributed by atoms with van der Waals surface area (Å²) in [5.74, 6) is -0.123. The zero-order valence-corrected chi connectivity index (χ0v) is 12.7. The highest BCUT2D eigenvalue weighted by atomic mass is 16.5. The molecule has 21 heavy (non-hydrogen) atoms. The number of allylic oxidation sites excluding steroid dienone is 1. The Hall–Kier alpha value is -1.61. The van der Waals surface area contributed by atoms with Crippen molar-refractivity contribution < 1.29 is 14.3 Å². The van der Waals surface area contributed by atoms with Gasteiger partial charge in [0.1, 0.15) is 0 Å². The molecule has 1 unspecified atom stereocenters. The van der Waals surface area contributed by atoms with Gasteiger partial charge in [0, 0.05) is 5.92 Å². The molecule has 0 radical (unpaired) electrons. The Morgan fingerprint density at radius 2 is 2.00 bits per heavy atom. The van der Waals surface area contributed by atoms with Gasteiger partial charge in [0.25, 0.3) is 0 Å². The van der Waals surface area contributed by atoms with E-state index in [-0.39, 0.29) is 23.9 Å². The summed E-state index contributed by atoms with van der Waals surface area (Å²) in [6.07, 6.45) is 3.23. The number of carbonyl (C=O) groups excluding carboxylic acids is 1. The van der Waals surface area contributed by atoms with Gasteiger partial charge in [0.2, 0.25) is 0 Å². The lowest BCUT2D eigenvalue weighted by Gasteiger charge is -2.35. The van der Waals surface area contributed by atoms with Crippen LogP contribution in [0, 0.1) is 5.92 Å². The highest BCUT2D eigenvalue weighted by molar-refractivity contribution is 5.75. The average molecular weight is 286 g/mol. The van der Waals surface area contributed by atoms with Crippen LogP contribution in [0.4, 0.5) is 0 Å². The third-order valence-electron chi connectivity index (χ3n) is 4.80. The summed E-state index contributed by atoms with van der Waals surface area (Å²) < 4.78 is 11.0. The molecule has 0 amide bonds. The number of methoxy groups -OCH3 is 1. The van der Waals surface area contributed by atoms with Gasteiger partial charge in [-0.15, -0.1) is 0 Å². The van der Waals surface area contributed by atoms with Crippen LogP contribution in [0.25, 0.3) is 5.57 Å². The maximum atomic E-state index is 12.2. The number of carbonyl (C=O) groups is 1. The predicted molar refractivity (Wildman–Crippen MR) is 81.9 cm³/mol. The molecule has 3 nitrogen and oxygen atoms in total. The van der Waals surface area contributed by atoms with Crippen molar-refractivity contribution in [2.24, 2.45) is 5.92 Å². The first kappa shape index (κ1) is 14.3. The van der Waals surface area contributed by atoms with Crippen LogP contribution in [0.5, 0.6) is 0 Å². The molecule has 2 fully saturated rings. The van der Waals surface area contributed by atoms with E-state index < -0.39 is 0 Å². The van der Waals surface area contributed by atoms with Crippen molar-refractivity contribution >= 4 is 11.5 Å². The number of ether oxygens (including phenoxy) is 2. The number of fused-ring (bicyclic) bond motifs is 2. The van der Waals surface area contributed by atoms with Gasteiger partial charge in [-0.05, 0) is 37.3 Å². The molecule has 112 valence electrons. The van der Waals surface area contributed by atoms with Crippen molar-refractivity contribution in [3.8, 4) is 0 Å². The van der Waals surface area contributed by atoms with Crippen LogP contribution < -0.4 is 0 Å². The van der Waals surface area contributed by atoms with E-state index in [1.807, 2.05) is 6.92 Å². The lowest BCUT2D eigenvalue weighted by Crippen LogP contribution is -2.39. The molecule has 1 aromatic carbocycles. The summed E-state index contributed by atoms with van der Waals surface area (Å²) in [7, 11) is 1.46. The Bertz CT molecular complexity index is 546. The van der Waals surface area contributed by atoms with E-state index in [0.717, 1.165) is 30.4 Å². The van der Waals surface area contributed by atoms with Crippen molar-refractivity contribution in [2.75, 3.05) is 7.11 Å². The molecule has 0 saturated carbocycles. The second kappa shape index (κ2) is 5.64. The minimum Gasteiger partial charge on any atom is -0.469 e. The second-order valence-electron chi connectivity index (χ2n) is 6.17. The van der Waals surface area contributed by atoms with Gasteiger partial charge in [-0.1, -0.05) is 36.4 Å². The standard InChI is InChI=1S/C18H22O3/c1-11(2)12-4-6-13(7-5-12)15-10-14-8-9-16(21-14)17(15)18(19)20-3/h4-7,14-17H,1,8-10H2,2-3H3/t14?,15-,16+,17-/m0/s1. The number of rotatable bonds is 3. The first-order valence-electron chi connectivity index (χ1n) is 7.59. The number of benzene rings is 1. The number of hydrogen-bond donors (Lipinski definition) is 0. The van der Waals surface area contributed by atoms with Crippen molar-refractivity contribution in [3.63, 3.8) is 0 Å². The average Bonchev–Trinajstić information content (AvgIpc) is 2.88. The van der Waals surface area contributed by atoms with Crippen LogP contribution in [0.3, 0.4) is 0 Å². The first-order valence-corrected chi connectivity index (χ1v) is 7.59. The van der Waals surface area contributed by atoms with E-state index in [9.17, 15) is 4.79 Å². The molecule has 2 aliphatic rings. The zero-order chi connectivity index (χ0) is 15.0. The Balaban J connectivity index is 1.90. The Morgan fingerprint density at radius 3 is 2.62 bits per heavy atom. The van der Waals surface area contributed by atoms with Crippen LogP contribution in [0.2, 0.25) is 0 Å². The van der Waals surface area contributed by atoms with Crippen LogP contribution in [-0.4, -0.2) is 25.3 Å². The molecule has 2 heterocycles. The summed E-state index contributed by atoms with van der Waals surface area (Å²) in [4.78, 5) is 12.2. The van der Waals surface area contributed by atoms with Crippen LogP contribution in [-0.2, 0) is 14.3 Å². The fourth-order valence-corrected chi connectivity index (χ4v) is 3.67. The molecule has 0 spiro atoms. The normalized spacial score (nSPS) is 31.0. The Morgan fingerprint density at radius 1 is 1.29 bits per heavy atom. The third-order valence-corrected chi connectivity index (χ3v) is 4.80. The first-order chi connectivity index (χ1) is 10.1. The maximum Gasteiger partial charge on any atom is 0.311 e. The van der Waals surface area contributed by atoms with Gasteiger partial charge in [0.15, 0.2) is 0 Å². The molecular weight excluding hydrogens is 264 g/mol. The highest BCUT2D eigenvalue weighted by Gasteiger charge is 2.47. The summed E-state index contributed by atoms with van der Waals surface area (Å²) >= 11 is 0. The van der Waals surface area contributed by atoms with E-state index in [1.165, 1.54) is 12.7 Å². The summed E-state index contributed by atoms with van der Waals surface area (Å²) in [6, 6.07) is 8.41. The lowest BCUT2D eigenvalue weighted by atomic mass is 9.79. The predicted octanol–water partition coefficient (Wildman–Crippen LogP) is 3.54. The maximum absolute atomic E-state index is 12.2. The highest BCUT2D eigenvalue weighted by Crippen LogP contribution is 2.45. The fourth-order valence-electron chi connectivity index (χ4n) is 3.67. The number of esters is 1. The van der Waals surface area contributed by atoms with Crippen LogP contribution >= 0.6 is 0 Å². The van der Waals surface area contributed by atoms with Crippen LogP contribution in [0.1, 0.15) is 43.2 Å². The van der Waals surface area contributed by atoms with Gasteiger partial charge < -0.3 is 9.47 Å². The number of hydrogen-bond acceptors (Lipinski definition) is 3. The summed E-state index contributed by atoms with van der Waals surface area (Å²) in [5.41, 5.74) is 3.40. The lowest BCUT2D eigenvalue weighted by molar-refractivity contribution is -0.156. The topological polar surface area (TPSA) is 35.5 Å². The second-order valence-corrected chi connectivity index (χ2v) is 6.17. The van der Waals surface area contributed by atoms with E-state index in [4.69, 9.17) is 9.47 Å². The molecule has 2 saturated heterocycles. The molecule has 0 N–H and O–H groups in total. The van der Waals surface area contributed by atoms with Crippen molar-refractivity contribution in [3.05, 3.63) is 42.0 Å². The Kier molecular flexibility index (Phi) is 3.85. The Labute approximate surface area is 125 Å². The molecule has 4 atom stereocenters. The SMILES string of the molecule is C=C(C)c1ccc([C@@H]2CC3CC[C@@H](O3)[C@H]2C(=O)OC)cc1. The smallest absolute Gasteiger partial charge is 0.311 e. The van der Waals surface area contributed by atoms with Crippen molar-refractivity contribution in [1.29, 1.82) is 0 Å². The van der Waals surface area contributed by atoms with E-state index >= 15 is 0 Å². The van der Waals surface area contributed by atoms with Crippen LogP contribution in [0.15, 0.2) is 30.8 Å². The zero-order valence-electron chi connectivity index (χ0n) is 12.7. The molecule has 1 aromatic rings. The molecule has 2 aliphatic heterocycles. The largest absolute Gasteiger partial charge is 0.469 e. The van der Waals surface area contributed by atoms with E-state index in [0.29, 0.717) is 6.10 Å². The molecule has 0 aromatic heterocycles. The monoisotopic (exact) mass is 286 g/mol. The van der Waals surface area contributed by atoms with Crippen molar-refractivity contribution in [1.82, 2.24) is 0 Å². The third kappa shape index (κ3) is 2.62. The van der Waals surface area contributed by atoms with Gasteiger partial charge >= 0.3 is 5.97 Å².